The first-order valence-electron chi connectivity index (χ1n) is 7.68. The third-order valence-electron chi connectivity index (χ3n) is 3.51. The summed E-state index contributed by atoms with van der Waals surface area (Å²) in [5.41, 5.74) is 5.20. The summed E-state index contributed by atoms with van der Waals surface area (Å²) >= 11 is 0. The van der Waals surface area contributed by atoms with Gasteiger partial charge < -0.3 is 10.1 Å². The lowest BCUT2D eigenvalue weighted by molar-refractivity contribution is 0.340. The van der Waals surface area contributed by atoms with Crippen LogP contribution < -0.4 is 10.1 Å². The Morgan fingerprint density at radius 3 is 2.05 bits per heavy atom. The molecule has 112 valence electrons. The lowest BCUT2D eigenvalue weighted by atomic mass is 9.95. The molecular formula is C19H25NO. The number of rotatable bonds is 6. The van der Waals surface area contributed by atoms with Gasteiger partial charge in [0.1, 0.15) is 5.75 Å². The molecule has 0 spiro atoms. The van der Waals surface area contributed by atoms with E-state index in [1.54, 1.807) is 0 Å². The van der Waals surface area contributed by atoms with Crippen LogP contribution in [0.3, 0.4) is 0 Å². The molecule has 0 fully saturated rings. The number of benzene rings is 2. The molecule has 2 rings (SSSR count). The summed E-state index contributed by atoms with van der Waals surface area (Å²) in [6, 6.07) is 15.4. The van der Waals surface area contributed by atoms with Gasteiger partial charge in [0.25, 0.3) is 0 Å². The summed E-state index contributed by atoms with van der Waals surface area (Å²) in [5.74, 6) is 0.928. The minimum atomic E-state index is 0.226. The van der Waals surface area contributed by atoms with Gasteiger partial charge in [-0.15, -0.1) is 0 Å². The zero-order chi connectivity index (χ0) is 15.2. The van der Waals surface area contributed by atoms with Crippen LogP contribution in [0.4, 0.5) is 0 Å². The predicted molar refractivity (Wildman–Crippen MR) is 89.0 cm³/mol. The van der Waals surface area contributed by atoms with E-state index in [1.807, 2.05) is 19.1 Å². The largest absolute Gasteiger partial charge is 0.494 e. The van der Waals surface area contributed by atoms with E-state index in [9.17, 15) is 0 Å². The Morgan fingerprint density at radius 1 is 0.905 bits per heavy atom. The van der Waals surface area contributed by atoms with Crippen molar-refractivity contribution in [3.05, 3.63) is 64.7 Å². The van der Waals surface area contributed by atoms with Gasteiger partial charge in [0.05, 0.1) is 12.6 Å². The maximum atomic E-state index is 5.52. The minimum absolute atomic E-state index is 0.226. The monoisotopic (exact) mass is 283 g/mol. The molecule has 0 bridgehead atoms. The Balaban J connectivity index is 2.33. The molecule has 0 amide bonds. The fourth-order valence-corrected chi connectivity index (χ4v) is 2.73. The number of ether oxygens (including phenoxy) is 1. The third kappa shape index (κ3) is 4.08. The Kier molecular flexibility index (Phi) is 5.40. The Bertz CT molecular complexity index is 554. The summed E-state index contributed by atoms with van der Waals surface area (Å²) in [4.78, 5) is 0. The van der Waals surface area contributed by atoms with Crippen LogP contribution in [-0.4, -0.2) is 13.2 Å². The van der Waals surface area contributed by atoms with Crippen molar-refractivity contribution in [2.75, 3.05) is 13.2 Å². The van der Waals surface area contributed by atoms with Crippen molar-refractivity contribution in [3.63, 3.8) is 0 Å². The molecule has 0 aromatic heterocycles. The molecule has 0 aliphatic carbocycles. The van der Waals surface area contributed by atoms with Crippen LogP contribution in [0.25, 0.3) is 0 Å². The van der Waals surface area contributed by atoms with Gasteiger partial charge in [0, 0.05) is 0 Å². The average molecular weight is 283 g/mol. The molecule has 2 aromatic carbocycles. The van der Waals surface area contributed by atoms with Crippen molar-refractivity contribution in [3.8, 4) is 5.75 Å². The van der Waals surface area contributed by atoms with Gasteiger partial charge in [0.2, 0.25) is 0 Å². The van der Waals surface area contributed by atoms with Crippen LogP contribution >= 0.6 is 0 Å². The molecule has 2 heteroatoms. The molecule has 2 aromatic rings. The zero-order valence-electron chi connectivity index (χ0n) is 13.4. The first-order chi connectivity index (χ1) is 10.1. The Morgan fingerprint density at radius 2 is 1.52 bits per heavy atom. The number of hydrogen-bond donors (Lipinski definition) is 1. The quantitative estimate of drug-likeness (QED) is 0.848. The number of hydrogen-bond acceptors (Lipinski definition) is 2. The first kappa shape index (κ1) is 15.6. The van der Waals surface area contributed by atoms with Crippen molar-refractivity contribution in [2.24, 2.45) is 0 Å². The van der Waals surface area contributed by atoms with Crippen LogP contribution in [0, 0.1) is 13.8 Å². The topological polar surface area (TPSA) is 21.3 Å². The summed E-state index contributed by atoms with van der Waals surface area (Å²) in [5, 5.41) is 3.58. The van der Waals surface area contributed by atoms with Gasteiger partial charge >= 0.3 is 0 Å². The SMILES string of the molecule is CCNC(c1ccc(OCC)cc1)c1cc(C)cc(C)c1. The second-order valence-corrected chi connectivity index (χ2v) is 5.41. The van der Waals surface area contributed by atoms with Crippen LogP contribution in [0.1, 0.15) is 42.1 Å². The smallest absolute Gasteiger partial charge is 0.119 e. The molecule has 0 radical (unpaired) electrons. The molecule has 0 saturated heterocycles. The van der Waals surface area contributed by atoms with Gasteiger partial charge in [-0.2, -0.15) is 0 Å². The molecule has 21 heavy (non-hydrogen) atoms. The maximum absolute atomic E-state index is 5.52. The molecule has 0 saturated carbocycles. The molecule has 0 aliphatic heterocycles. The molecule has 0 aliphatic rings. The summed E-state index contributed by atoms with van der Waals surface area (Å²) in [7, 11) is 0. The Labute approximate surface area is 128 Å². The molecule has 2 nitrogen and oxygen atoms in total. The number of aryl methyl sites for hydroxylation is 2. The van der Waals surface area contributed by atoms with E-state index in [4.69, 9.17) is 4.74 Å². The highest BCUT2D eigenvalue weighted by atomic mass is 16.5. The molecule has 1 atom stereocenters. The molecule has 0 heterocycles. The van der Waals surface area contributed by atoms with Crippen LogP contribution in [0.15, 0.2) is 42.5 Å². The number of nitrogens with one attached hydrogen (secondary N) is 1. The summed E-state index contributed by atoms with van der Waals surface area (Å²) in [6.07, 6.45) is 0. The van der Waals surface area contributed by atoms with E-state index in [0.29, 0.717) is 6.61 Å². The van der Waals surface area contributed by atoms with Crippen molar-refractivity contribution < 1.29 is 4.74 Å². The van der Waals surface area contributed by atoms with Gasteiger partial charge in [-0.3, -0.25) is 0 Å². The highest BCUT2D eigenvalue weighted by molar-refractivity contribution is 5.38. The lowest BCUT2D eigenvalue weighted by Gasteiger charge is -2.20. The second kappa shape index (κ2) is 7.28. The van der Waals surface area contributed by atoms with Crippen molar-refractivity contribution >= 4 is 0 Å². The van der Waals surface area contributed by atoms with E-state index in [0.717, 1.165) is 12.3 Å². The van der Waals surface area contributed by atoms with Crippen molar-refractivity contribution in [2.45, 2.75) is 33.7 Å². The first-order valence-corrected chi connectivity index (χ1v) is 7.68. The second-order valence-electron chi connectivity index (χ2n) is 5.41. The highest BCUT2D eigenvalue weighted by Crippen LogP contribution is 2.25. The molecule has 1 unspecified atom stereocenters. The molecule has 1 N–H and O–H groups in total. The predicted octanol–water partition coefficient (Wildman–Crippen LogP) is 4.40. The van der Waals surface area contributed by atoms with Gasteiger partial charge in [0.15, 0.2) is 0 Å². The molecular weight excluding hydrogens is 258 g/mol. The Hall–Kier alpha value is -1.80. The fourth-order valence-electron chi connectivity index (χ4n) is 2.73. The van der Waals surface area contributed by atoms with Gasteiger partial charge in [-0.25, -0.2) is 0 Å². The minimum Gasteiger partial charge on any atom is -0.494 e. The van der Waals surface area contributed by atoms with Crippen LogP contribution in [-0.2, 0) is 0 Å². The fraction of sp³-hybridized carbons (Fsp3) is 0.368. The van der Waals surface area contributed by atoms with E-state index < -0.39 is 0 Å². The summed E-state index contributed by atoms with van der Waals surface area (Å²) in [6.45, 7) is 10.1. The lowest BCUT2D eigenvalue weighted by Crippen LogP contribution is -2.22. The van der Waals surface area contributed by atoms with E-state index >= 15 is 0 Å². The van der Waals surface area contributed by atoms with Crippen LogP contribution in [0.2, 0.25) is 0 Å². The zero-order valence-corrected chi connectivity index (χ0v) is 13.4. The average Bonchev–Trinajstić information content (AvgIpc) is 2.45. The van der Waals surface area contributed by atoms with E-state index in [2.05, 4.69) is 56.4 Å². The normalized spacial score (nSPS) is 12.2. The van der Waals surface area contributed by atoms with Crippen molar-refractivity contribution in [1.82, 2.24) is 5.32 Å². The third-order valence-corrected chi connectivity index (χ3v) is 3.51. The van der Waals surface area contributed by atoms with E-state index in [1.165, 1.54) is 22.3 Å². The van der Waals surface area contributed by atoms with Gasteiger partial charge in [-0.1, -0.05) is 48.4 Å². The van der Waals surface area contributed by atoms with Crippen LogP contribution in [0.5, 0.6) is 5.75 Å². The van der Waals surface area contributed by atoms with Gasteiger partial charge in [-0.05, 0) is 50.6 Å². The summed E-state index contributed by atoms with van der Waals surface area (Å²) < 4.78 is 5.52. The maximum Gasteiger partial charge on any atom is 0.119 e. The highest BCUT2D eigenvalue weighted by Gasteiger charge is 2.13. The van der Waals surface area contributed by atoms with E-state index in [-0.39, 0.29) is 6.04 Å². The van der Waals surface area contributed by atoms with Crippen molar-refractivity contribution in [1.29, 1.82) is 0 Å². The standard InChI is InChI=1S/C19H25NO/c1-5-20-19(17-12-14(3)11-15(4)13-17)16-7-9-18(10-8-16)21-6-2/h7-13,19-20H,5-6H2,1-4H3.